The molecule has 0 saturated carbocycles. The van der Waals surface area contributed by atoms with Crippen molar-refractivity contribution in [2.75, 3.05) is 105 Å². The maximum absolute atomic E-state index is 13.4. The molecule has 4 aromatic carbocycles. The van der Waals surface area contributed by atoms with Crippen molar-refractivity contribution in [1.82, 2.24) is 42.5 Å². The Kier molecular flexibility index (Phi) is 34.8. The molecular formula is C63H87N9O23. The number of primary amides is 1. The van der Waals surface area contributed by atoms with E-state index in [0.29, 0.717) is 41.5 Å². The van der Waals surface area contributed by atoms with Gasteiger partial charge >= 0.3 is 0 Å². The lowest BCUT2D eigenvalue weighted by Crippen LogP contribution is -2.49. The van der Waals surface area contributed by atoms with Gasteiger partial charge in [-0.05, 0) is 83.6 Å². The number of phenolic OH excluding ortho intramolecular Hbond substituents is 8. The molecule has 18 N–H and O–H groups in total. The van der Waals surface area contributed by atoms with Crippen molar-refractivity contribution in [2.45, 2.75) is 83.0 Å². The summed E-state index contributed by atoms with van der Waals surface area (Å²) < 4.78 is 32.8. The third-order valence-electron chi connectivity index (χ3n) is 13.9. The molecule has 0 bridgehead atoms. The number of rotatable bonds is 46. The minimum atomic E-state index is -1.19. The summed E-state index contributed by atoms with van der Waals surface area (Å²) >= 11 is 0. The van der Waals surface area contributed by atoms with E-state index < -0.39 is 126 Å². The van der Waals surface area contributed by atoms with Crippen LogP contribution in [0.15, 0.2) is 72.8 Å². The molecule has 0 saturated heterocycles. The third-order valence-corrected chi connectivity index (χ3v) is 13.9. The monoisotopic (exact) mass is 1340 g/mol. The van der Waals surface area contributed by atoms with Gasteiger partial charge < -0.3 is 118 Å². The average Bonchev–Trinajstić information content (AvgIpc) is 1.28. The van der Waals surface area contributed by atoms with Gasteiger partial charge in [-0.2, -0.15) is 0 Å². The zero-order chi connectivity index (χ0) is 69.7. The molecule has 0 aliphatic rings. The van der Waals surface area contributed by atoms with Gasteiger partial charge in [-0.3, -0.25) is 43.2 Å². The molecule has 95 heavy (non-hydrogen) atoms. The van der Waals surface area contributed by atoms with Crippen LogP contribution in [0.2, 0.25) is 0 Å². The number of aromatic hydroxyl groups is 8. The van der Waals surface area contributed by atoms with Gasteiger partial charge in [0, 0.05) is 64.7 Å². The second-order valence-electron chi connectivity index (χ2n) is 21.7. The highest BCUT2D eigenvalue weighted by Crippen LogP contribution is 2.28. The molecule has 4 unspecified atom stereocenters. The van der Waals surface area contributed by atoms with Gasteiger partial charge in [0.2, 0.25) is 53.2 Å². The lowest BCUT2D eigenvalue weighted by atomic mass is 10.0. The van der Waals surface area contributed by atoms with Crippen molar-refractivity contribution in [3.05, 3.63) is 95.1 Å². The Hall–Kier alpha value is -9.73. The van der Waals surface area contributed by atoms with E-state index in [1.165, 1.54) is 79.7 Å². The number of ether oxygens (including phenoxy) is 6. The van der Waals surface area contributed by atoms with Crippen molar-refractivity contribution in [1.29, 1.82) is 0 Å². The highest BCUT2D eigenvalue weighted by molar-refractivity contribution is 5.90. The predicted octanol–water partition coefficient (Wildman–Crippen LogP) is -1.58. The van der Waals surface area contributed by atoms with Crippen LogP contribution < -0.4 is 48.3 Å². The van der Waals surface area contributed by atoms with Crippen molar-refractivity contribution in [3.8, 4) is 46.0 Å². The van der Waals surface area contributed by atoms with Crippen molar-refractivity contribution < 1.29 is 112 Å². The third kappa shape index (κ3) is 31.2. The SMILES string of the molecule is CC(=O)NC(Cc1ccc(O)c(O)c1)C(=O)NCCOCCOCC(=O)NC(Cc1ccc(O)c(O)c1)C(=O)NCCOCCOCC(=O)NC(Cc1ccc(O)c(O)c1)C(=O)NCCOCCOCC(=O)NC(Cc1ccc(O)c(O)c1)C(=O)NCCCC[C@@H](C)C(N)=O. The number of nitrogens with one attached hydrogen (secondary N) is 8. The van der Waals surface area contributed by atoms with Crippen LogP contribution in [0.4, 0.5) is 0 Å². The molecule has 32 nitrogen and oxygen atoms in total. The molecule has 0 radical (unpaired) electrons. The largest absolute Gasteiger partial charge is 0.504 e. The Bertz CT molecular complexity index is 3160. The summed E-state index contributed by atoms with van der Waals surface area (Å²) in [6, 6.07) is 11.4. The van der Waals surface area contributed by atoms with E-state index in [1.54, 1.807) is 6.92 Å². The normalized spacial score (nSPS) is 12.6. The fourth-order valence-corrected chi connectivity index (χ4v) is 8.83. The number of carbonyl (C=O) groups excluding carboxylic acids is 9. The molecule has 0 heterocycles. The van der Waals surface area contributed by atoms with E-state index >= 15 is 0 Å². The quantitative estimate of drug-likeness (QED) is 0.0175. The van der Waals surface area contributed by atoms with Crippen molar-refractivity contribution in [3.63, 3.8) is 0 Å². The Morgan fingerprint density at radius 3 is 0.916 bits per heavy atom. The lowest BCUT2D eigenvalue weighted by molar-refractivity contribution is -0.132. The number of hydrogen-bond acceptors (Lipinski definition) is 23. The van der Waals surface area contributed by atoms with Gasteiger partial charge in [-0.15, -0.1) is 0 Å². The Morgan fingerprint density at radius 1 is 0.368 bits per heavy atom. The summed E-state index contributed by atoms with van der Waals surface area (Å²) in [7, 11) is 0. The Labute approximate surface area is 547 Å². The predicted molar refractivity (Wildman–Crippen MR) is 336 cm³/mol. The van der Waals surface area contributed by atoms with Crippen LogP contribution in [0.25, 0.3) is 0 Å². The molecule has 9 amide bonds. The summed E-state index contributed by atoms with van der Waals surface area (Å²) in [5, 5.41) is 99.9. The highest BCUT2D eigenvalue weighted by atomic mass is 16.5. The van der Waals surface area contributed by atoms with Gasteiger partial charge in [0.25, 0.3) is 0 Å². The van der Waals surface area contributed by atoms with Gasteiger partial charge in [0.1, 0.15) is 44.0 Å². The van der Waals surface area contributed by atoms with Crippen molar-refractivity contribution >= 4 is 53.2 Å². The van der Waals surface area contributed by atoms with Crippen LogP contribution in [-0.4, -0.2) is 224 Å². The van der Waals surface area contributed by atoms with E-state index in [1.807, 2.05) is 0 Å². The second-order valence-corrected chi connectivity index (χ2v) is 21.7. The maximum atomic E-state index is 13.4. The first-order chi connectivity index (χ1) is 45.4. The van der Waals surface area contributed by atoms with E-state index in [4.69, 9.17) is 34.2 Å². The molecule has 0 spiro atoms. The summed E-state index contributed by atoms with van der Waals surface area (Å²) in [5.74, 6) is -8.64. The Morgan fingerprint density at radius 2 is 0.642 bits per heavy atom. The first-order valence-corrected chi connectivity index (χ1v) is 30.4. The van der Waals surface area contributed by atoms with E-state index in [0.717, 1.165) is 0 Å². The zero-order valence-electron chi connectivity index (χ0n) is 52.9. The number of amides is 9. The molecule has 0 aliphatic carbocycles. The zero-order valence-corrected chi connectivity index (χ0v) is 52.9. The smallest absolute Gasteiger partial charge is 0.246 e. The standard InChI is InChI=1S/C63H87N9O23/c1-38(59(64)85)5-3-4-14-65-61(87)45(28-41-7-11-49(75)53(79)32-41)70-56(82)35-93-25-22-91-19-16-67-63(89)47(30-43-9-13-51(77)55(81)34-43)72-58(84)37-95-26-23-92-20-17-68-62(88)46(29-42-8-12-50(76)54(80)33-42)71-57(83)36-94-24-21-90-18-15-66-60(86)44(69-39(2)73)27-40-6-10-48(74)52(78)31-40/h6-13,31-34,38,44-47,74-81H,3-5,14-30,35-37H2,1-2H3,(H2,64,85)(H,65,87)(H,66,86)(H,67,89)(H,68,88)(H,69,73)(H,70,82)(H,71,83)(H,72,84)/t38-,44?,45?,46?,47?/m1/s1. The molecule has 4 rings (SSSR count). The van der Waals surface area contributed by atoms with Crippen LogP contribution in [0.1, 0.15) is 55.4 Å². The van der Waals surface area contributed by atoms with Gasteiger partial charge in [0.05, 0.1) is 59.5 Å². The highest BCUT2D eigenvalue weighted by Gasteiger charge is 2.26. The minimum Gasteiger partial charge on any atom is -0.504 e. The van der Waals surface area contributed by atoms with Gasteiger partial charge in [0.15, 0.2) is 46.0 Å². The van der Waals surface area contributed by atoms with E-state index in [2.05, 4.69) is 42.5 Å². The molecule has 0 aromatic heterocycles. The van der Waals surface area contributed by atoms with Gasteiger partial charge in [-0.25, -0.2) is 0 Å². The minimum absolute atomic E-state index is 0.00878. The van der Waals surface area contributed by atoms with Crippen LogP contribution in [-0.2, 0) is 97.3 Å². The Balaban J connectivity index is 1.14. The summed E-state index contributed by atoms with van der Waals surface area (Å²) in [5.41, 5.74) is 7.04. The van der Waals surface area contributed by atoms with Crippen LogP contribution in [0.5, 0.6) is 46.0 Å². The molecular weight excluding hydrogens is 1250 g/mol. The average molecular weight is 1340 g/mol. The van der Waals surface area contributed by atoms with Crippen LogP contribution in [0, 0.1) is 5.92 Å². The fourth-order valence-electron chi connectivity index (χ4n) is 8.83. The number of unbranched alkanes of at least 4 members (excludes halogenated alkanes) is 1. The van der Waals surface area contributed by atoms with Gasteiger partial charge in [-0.1, -0.05) is 37.6 Å². The van der Waals surface area contributed by atoms with Crippen LogP contribution in [0.3, 0.4) is 0 Å². The maximum Gasteiger partial charge on any atom is 0.246 e. The fraction of sp³-hybridized carbons (Fsp3) is 0.476. The second kappa shape index (κ2) is 42.5. The summed E-state index contributed by atoms with van der Waals surface area (Å²) in [6.07, 6.45) is 1.50. The number of carbonyl (C=O) groups is 9. The number of hydrogen-bond donors (Lipinski definition) is 17. The number of phenols is 8. The van der Waals surface area contributed by atoms with E-state index in [-0.39, 0.29) is 134 Å². The van der Waals surface area contributed by atoms with Crippen molar-refractivity contribution in [2.24, 2.45) is 11.7 Å². The molecule has 32 heteroatoms. The number of nitrogens with two attached hydrogens (primary N) is 1. The molecule has 4 aromatic rings. The van der Waals surface area contributed by atoms with Crippen LogP contribution >= 0.6 is 0 Å². The number of benzene rings is 4. The first-order valence-electron chi connectivity index (χ1n) is 30.4. The summed E-state index contributed by atoms with van der Waals surface area (Å²) in [4.78, 5) is 115. The van der Waals surface area contributed by atoms with E-state index in [9.17, 15) is 84.0 Å². The lowest BCUT2D eigenvalue weighted by Gasteiger charge is -2.19. The summed E-state index contributed by atoms with van der Waals surface area (Å²) in [6.45, 7) is 1.54. The topological polar surface area (TPSA) is 493 Å². The first kappa shape index (κ1) is 77.7. The molecule has 0 aliphatic heterocycles. The molecule has 522 valence electrons. The molecule has 0 fully saturated rings. The molecule has 5 atom stereocenters.